The largest absolute Gasteiger partial charge is 0.435 e. The van der Waals surface area contributed by atoms with Crippen LogP contribution in [0.4, 0.5) is 0 Å². The zero-order valence-corrected chi connectivity index (χ0v) is 10.0. The zero-order chi connectivity index (χ0) is 12.3. The predicted octanol–water partition coefficient (Wildman–Crippen LogP) is 1.84. The Labute approximate surface area is 106 Å². The Hall–Kier alpha value is -1.50. The second-order valence-corrected chi connectivity index (χ2v) is 3.98. The lowest BCUT2D eigenvalue weighted by molar-refractivity contribution is 0.281. The van der Waals surface area contributed by atoms with Crippen LogP contribution in [-0.4, -0.2) is 13.9 Å². The highest BCUT2D eigenvalue weighted by Gasteiger charge is 2.09. The van der Waals surface area contributed by atoms with Crippen LogP contribution in [-0.2, 0) is 6.61 Å². The summed E-state index contributed by atoms with van der Waals surface area (Å²) in [6.07, 6.45) is 0. The van der Waals surface area contributed by atoms with Gasteiger partial charge in [0, 0.05) is 0 Å². The van der Waals surface area contributed by atoms with Gasteiger partial charge in [-0.1, -0.05) is 23.7 Å². The highest BCUT2D eigenvalue weighted by molar-refractivity contribution is 6.99. The molecule has 0 aliphatic heterocycles. The fourth-order valence-electron chi connectivity index (χ4n) is 1.15. The molecule has 1 aromatic heterocycles. The summed E-state index contributed by atoms with van der Waals surface area (Å²) in [6, 6.07) is 6.71. The third kappa shape index (κ3) is 2.79. The van der Waals surface area contributed by atoms with Gasteiger partial charge in [-0.05, 0) is 17.7 Å². The van der Waals surface area contributed by atoms with Gasteiger partial charge in [0.25, 0.3) is 11.3 Å². The molecule has 0 fully saturated rings. The zero-order valence-electron chi connectivity index (χ0n) is 8.46. The molecule has 88 valence electrons. The smallest absolute Gasteiger partial charge is 0.283 e. The van der Waals surface area contributed by atoms with Crippen molar-refractivity contribution in [1.29, 1.82) is 0 Å². The molecule has 0 aliphatic carbocycles. The first-order chi connectivity index (χ1) is 8.20. The highest BCUT2D eigenvalue weighted by Crippen LogP contribution is 2.19. The molecule has 17 heavy (non-hydrogen) atoms. The molecule has 5 nitrogen and oxygen atoms in total. The molecule has 0 spiro atoms. The maximum Gasteiger partial charge on any atom is 0.283 e. The highest BCUT2D eigenvalue weighted by atomic mass is 35.5. The van der Waals surface area contributed by atoms with Crippen LogP contribution in [0.25, 0.3) is 0 Å². The standard InChI is InChI=1S/C10H7ClN2O3S/c11-9-8(15)10(13-17-12-9)16-7-3-1-2-6(4-7)5-14/h1-4,14H,5H2. The molecule has 7 heteroatoms. The molecule has 0 saturated carbocycles. The number of aliphatic hydroxyl groups is 1. The first-order valence-electron chi connectivity index (χ1n) is 4.60. The van der Waals surface area contributed by atoms with Gasteiger partial charge >= 0.3 is 0 Å². The van der Waals surface area contributed by atoms with Crippen molar-refractivity contribution < 1.29 is 9.84 Å². The SMILES string of the molecule is O=c1c(Cl)nsnc1Oc1cccc(CO)c1. The number of ether oxygens (including phenoxy) is 1. The average Bonchev–Trinajstić information content (AvgIpc) is 2.35. The van der Waals surface area contributed by atoms with E-state index in [9.17, 15) is 4.79 Å². The topological polar surface area (TPSA) is 72.3 Å². The normalized spacial score (nSPS) is 10.2. The number of aromatic nitrogens is 2. The summed E-state index contributed by atoms with van der Waals surface area (Å²) in [7, 11) is 0. The van der Waals surface area contributed by atoms with E-state index in [2.05, 4.69) is 8.75 Å². The molecular weight excluding hydrogens is 264 g/mol. The second kappa shape index (κ2) is 5.22. The lowest BCUT2D eigenvalue weighted by Gasteiger charge is -2.04. The van der Waals surface area contributed by atoms with E-state index in [4.69, 9.17) is 21.4 Å². The van der Waals surface area contributed by atoms with Gasteiger partial charge in [-0.3, -0.25) is 4.79 Å². The summed E-state index contributed by atoms with van der Waals surface area (Å²) in [5.41, 5.74) is 0.124. The summed E-state index contributed by atoms with van der Waals surface area (Å²) in [5.74, 6) is 0.292. The third-order valence-electron chi connectivity index (χ3n) is 1.92. The Kier molecular flexibility index (Phi) is 3.68. The maximum absolute atomic E-state index is 11.5. The molecular formula is C10H7ClN2O3S. The van der Waals surface area contributed by atoms with Gasteiger partial charge < -0.3 is 9.84 Å². The Morgan fingerprint density at radius 1 is 1.41 bits per heavy atom. The summed E-state index contributed by atoms with van der Waals surface area (Å²) in [6.45, 7) is -0.103. The van der Waals surface area contributed by atoms with Crippen molar-refractivity contribution in [2.45, 2.75) is 6.61 Å². The van der Waals surface area contributed by atoms with E-state index in [-0.39, 0.29) is 17.6 Å². The predicted molar refractivity (Wildman–Crippen MR) is 63.6 cm³/mol. The molecule has 0 radical (unpaired) electrons. The fourth-order valence-corrected chi connectivity index (χ4v) is 1.71. The van der Waals surface area contributed by atoms with Crippen molar-refractivity contribution >= 4 is 23.3 Å². The molecule has 1 heterocycles. The van der Waals surface area contributed by atoms with E-state index in [0.29, 0.717) is 11.3 Å². The number of hydrogen-bond acceptors (Lipinski definition) is 6. The van der Waals surface area contributed by atoms with Crippen LogP contribution in [0.2, 0.25) is 5.15 Å². The van der Waals surface area contributed by atoms with Gasteiger partial charge in [0.05, 0.1) is 18.3 Å². The van der Waals surface area contributed by atoms with Crippen LogP contribution in [0.1, 0.15) is 5.56 Å². The van der Waals surface area contributed by atoms with Crippen molar-refractivity contribution in [3.05, 3.63) is 45.2 Å². The van der Waals surface area contributed by atoms with Gasteiger partial charge in [0.1, 0.15) is 5.75 Å². The van der Waals surface area contributed by atoms with E-state index in [1.165, 1.54) is 0 Å². The van der Waals surface area contributed by atoms with Crippen LogP contribution >= 0.6 is 23.3 Å². The molecule has 0 aliphatic rings. The third-order valence-corrected chi connectivity index (χ3v) is 2.79. The summed E-state index contributed by atoms with van der Waals surface area (Å²) in [4.78, 5) is 11.5. The number of rotatable bonds is 3. The number of benzene rings is 1. The Morgan fingerprint density at radius 2 is 2.24 bits per heavy atom. The van der Waals surface area contributed by atoms with Crippen LogP contribution in [0.15, 0.2) is 29.1 Å². The second-order valence-electron chi connectivity index (χ2n) is 3.10. The van der Waals surface area contributed by atoms with Crippen molar-refractivity contribution in [1.82, 2.24) is 8.75 Å². The van der Waals surface area contributed by atoms with E-state index in [1.807, 2.05) is 0 Å². The monoisotopic (exact) mass is 270 g/mol. The number of hydrogen-bond donors (Lipinski definition) is 1. The quantitative estimate of drug-likeness (QED) is 0.921. The van der Waals surface area contributed by atoms with E-state index in [0.717, 1.165) is 11.7 Å². The molecule has 0 bridgehead atoms. The average molecular weight is 271 g/mol. The molecule has 2 rings (SSSR count). The van der Waals surface area contributed by atoms with Crippen molar-refractivity contribution in [3.63, 3.8) is 0 Å². The van der Waals surface area contributed by atoms with E-state index in [1.54, 1.807) is 24.3 Å². The fraction of sp³-hybridized carbons (Fsp3) is 0.100. The lowest BCUT2D eigenvalue weighted by atomic mass is 10.2. The first kappa shape index (κ1) is 12.0. The molecule has 0 unspecified atom stereocenters. The number of nitrogens with zero attached hydrogens (tertiary/aromatic N) is 2. The molecule has 0 atom stereocenters. The van der Waals surface area contributed by atoms with Gasteiger partial charge in [-0.25, -0.2) is 0 Å². The van der Waals surface area contributed by atoms with Gasteiger partial charge in [0.15, 0.2) is 5.15 Å². The minimum Gasteiger partial charge on any atom is -0.435 e. The lowest BCUT2D eigenvalue weighted by Crippen LogP contribution is -2.07. The van der Waals surface area contributed by atoms with Crippen LogP contribution in [0.5, 0.6) is 11.6 Å². The number of aliphatic hydroxyl groups excluding tert-OH is 1. The Morgan fingerprint density at radius 3 is 3.00 bits per heavy atom. The van der Waals surface area contributed by atoms with E-state index < -0.39 is 5.43 Å². The molecule has 1 N–H and O–H groups in total. The number of halogens is 1. The molecule has 0 saturated heterocycles. The minimum absolute atomic E-state index is 0.103. The maximum atomic E-state index is 11.5. The molecule has 1 aromatic carbocycles. The van der Waals surface area contributed by atoms with E-state index >= 15 is 0 Å². The van der Waals surface area contributed by atoms with Gasteiger partial charge in [-0.15, -0.1) is 4.37 Å². The Bertz CT molecular complexity index is 588. The summed E-state index contributed by atoms with van der Waals surface area (Å²) in [5, 5.41) is 8.80. The van der Waals surface area contributed by atoms with Crippen molar-refractivity contribution in [3.8, 4) is 11.6 Å². The minimum atomic E-state index is -0.556. The molecule has 2 aromatic rings. The summed E-state index contributed by atoms with van der Waals surface area (Å²) < 4.78 is 12.6. The Balaban J connectivity index is 2.31. The molecule has 0 amide bonds. The first-order valence-corrected chi connectivity index (χ1v) is 5.71. The van der Waals surface area contributed by atoms with Gasteiger partial charge in [-0.2, -0.15) is 4.37 Å². The van der Waals surface area contributed by atoms with Crippen LogP contribution in [0, 0.1) is 0 Å². The van der Waals surface area contributed by atoms with Crippen molar-refractivity contribution in [2.75, 3.05) is 0 Å². The van der Waals surface area contributed by atoms with Gasteiger partial charge in [0.2, 0.25) is 0 Å². The summed E-state index contributed by atoms with van der Waals surface area (Å²) >= 11 is 6.36. The van der Waals surface area contributed by atoms with Crippen LogP contribution < -0.4 is 10.2 Å². The van der Waals surface area contributed by atoms with Crippen LogP contribution in [0.3, 0.4) is 0 Å². The van der Waals surface area contributed by atoms with Crippen molar-refractivity contribution in [2.24, 2.45) is 0 Å².